The lowest BCUT2D eigenvalue weighted by Gasteiger charge is -2.06. The summed E-state index contributed by atoms with van der Waals surface area (Å²) in [6.45, 7) is 0. The summed E-state index contributed by atoms with van der Waals surface area (Å²) >= 11 is 2.73. The Balaban J connectivity index is 0.000000380. The van der Waals surface area contributed by atoms with Gasteiger partial charge in [-0.1, -0.05) is 6.42 Å². The van der Waals surface area contributed by atoms with Gasteiger partial charge in [0.05, 0.1) is 0 Å². The average molecular weight is 416 g/mol. The number of thiazole rings is 1. The summed E-state index contributed by atoms with van der Waals surface area (Å²) in [6.07, 6.45) is 5.31. The van der Waals surface area contributed by atoms with E-state index in [4.69, 9.17) is 10.3 Å². The van der Waals surface area contributed by atoms with Crippen LogP contribution in [0.3, 0.4) is 0 Å². The number of carboxylic acid groups (broad SMARTS) is 1. The zero-order valence-electron chi connectivity index (χ0n) is 14.8. The Hall–Kier alpha value is -2.31. The van der Waals surface area contributed by atoms with Crippen LogP contribution in [-0.4, -0.2) is 45.2 Å². The summed E-state index contributed by atoms with van der Waals surface area (Å²) in [7, 11) is 1.41. The first-order valence-corrected chi connectivity index (χ1v) is 10.1. The molecule has 0 unspecified atom stereocenters. The normalized spacial score (nSPS) is 13.0. The molecule has 4 N–H and O–H groups in total. The Kier molecular flexibility index (Phi) is 7.45. The summed E-state index contributed by atoms with van der Waals surface area (Å²) in [4.78, 5) is 39.3. The van der Waals surface area contributed by atoms with Crippen molar-refractivity contribution in [3.05, 3.63) is 20.9 Å². The standard InChI is InChI=1S/C13H14N2O4S2.C2H6N2O2/c1-20-10-9(19-13(17)18)11(16)15-7-5-3-2-4-6-8(7)21-12(15)14-10;1-3-2(5)4-6/h2-6H2,1H3,(H,17,18);6H,1H3,(H2,3,4,5). The molecule has 0 saturated carbocycles. The van der Waals surface area contributed by atoms with Crippen LogP contribution >= 0.6 is 23.1 Å². The molecule has 0 atom stereocenters. The molecule has 10 nitrogen and oxygen atoms in total. The average Bonchev–Trinajstić information content (AvgIpc) is 2.84. The van der Waals surface area contributed by atoms with Crippen LogP contribution in [0, 0.1) is 0 Å². The number of carbonyl (C=O) groups excluding carboxylic acids is 1. The van der Waals surface area contributed by atoms with Crippen molar-refractivity contribution in [2.45, 2.75) is 37.1 Å². The Bertz CT molecular complexity index is 889. The number of hydrogen-bond donors (Lipinski definition) is 4. The zero-order chi connectivity index (χ0) is 20.0. The highest BCUT2D eigenvalue weighted by molar-refractivity contribution is 7.98. The molecule has 0 aliphatic heterocycles. The third kappa shape index (κ3) is 4.90. The number of ether oxygens (including phenoxy) is 1. The van der Waals surface area contributed by atoms with Crippen molar-refractivity contribution < 1.29 is 24.6 Å². The molecular formula is C15H20N4O6S2. The predicted molar refractivity (Wildman–Crippen MR) is 100 cm³/mol. The van der Waals surface area contributed by atoms with E-state index in [-0.39, 0.29) is 5.75 Å². The van der Waals surface area contributed by atoms with Crippen LogP contribution in [0.15, 0.2) is 9.82 Å². The molecule has 2 aromatic rings. The molecule has 3 rings (SSSR count). The quantitative estimate of drug-likeness (QED) is 0.146. The van der Waals surface area contributed by atoms with Crippen molar-refractivity contribution >= 4 is 40.2 Å². The minimum absolute atomic E-state index is 0.197. The number of hydrogen-bond acceptors (Lipinski definition) is 8. The maximum atomic E-state index is 12.6. The van der Waals surface area contributed by atoms with Crippen LogP contribution in [0.4, 0.5) is 9.59 Å². The number of aryl methyl sites for hydroxylation is 2. The summed E-state index contributed by atoms with van der Waals surface area (Å²) < 4.78 is 6.20. The van der Waals surface area contributed by atoms with Gasteiger partial charge in [-0.25, -0.2) is 20.1 Å². The summed E-state index contributed by atoms with van der Waals surface area (Å²) in [5, 5.41) is 18.9. The monoisotopic (exact) mass is 416 g/mol. The predicted octanol–water partition coefficient (Wildman–Crippen LogP) is 2.11. The lowest BCUT2D eigenvalue weighted by Crippen LogP contribution is -2.29. The second kappa shape index (κ2) is 9.58. The first-order valence-electron chi connectivity index (χ1n) is 8.06. The van der Waals surface area contributed by atoms with E-state index in [1.165, 1.54) is 44.9 Å². The number of aromatic nitrogens is 2. The van der Waals surface area contributed by atoms with Gasteiger partial charge < -0.3 is 15.2 Å². The Morgan fingerprint density at radius 2 is 2.00 bits per heavy atom. The van der Waals surface area contributed by atoms with Crippen molar-refractivity contribution in [1.29, 1.82) is 0 Å². The highest BCUT2D eigenvalue weighted by Gasteiger charge is 2.23. The van der Waals surface area contributed by atoms with Gasteiger partial charge in [-0.15, -0.1) is 23.1 Å². The second-order valence-corrected chi connectivity index (χ2v) is 7.32. The van der Waals surface area contributed by atoms with Crippen LogP contribution in [-0.2, 0) is 12.8 Å². The molecule has 0 bridgehead atoms. The van der Waals surface area contributed by atoms with Gasteiger partial charge in [0.2, 0.25) is 5.75 Å². The molecule has 0 aromatic carbocycles. The molecule has 1 aliphatic rings. The first kappa shape index (κ1) is 21.0. The van der Waals surface area contributed by atoms with Crippen LogP contribution in [0.2, 0.25) is 0 Å². The fourth-order valence-corrected chi connectivity index (χ4v) is 4.39. The van der Waals surface area contributed by atoms with Gasteiger partial charge in [0.1, 0.15) is 5.03 Å². The molecule has 2 amide bonds. The van der Waals surface area contributed by atoms with Gasteiger partial charge in [-0.2, -0.15) is 0 Å². The molecule has 2 heterocycles. The topological polar surface area (TPSA) is 142 Å². The fraction of sp³-hybridized carbons (Fsp3) is 0.467. The molecule has 0 fully saturated rings. The van der Waals surface area contributed by atoms with E-state index >= 15 is 0 Å². The number of carbonyl (C=O) groups is 2. The van der Waals surface area contributed by atoms with Gasteiger partial charge in [-0.05, 0) is 31.9 Å². The number of rotatable bonds is 2. The molecule has 2 aromatic heterocycles. The van der Waals surface area contributed by atoms with Crippen molar-refractivity contribution in [1.82, 2.24) is 20.2 Å². The third-order valence-corrected chi connectivity index (χ3v) is 5.62. The number of thioether (sulfide) groups is 1. The van der Waals surface area contributed by atoms with E-state index in [2.05, 4.69) is 15.0 Å². The molecule has 0 saturated heterocycles. The lowest BCUT2D eigenvalue weighted by atomic mass is 10.2. The van der Waals surface area contributed by atoms with Crippen molar-refractivity contribution in [3.8, 4) is 5.75 Å². The summed E-state index contributed by atoms with van der Waals surface area (Å²) in [6, 6.07) is -0.602. The van der Waals surface area contributed by atoms with Gasteiger partial charge >= 0.3 is 17.7 Å². The SMILES string of the molecule is CNC(=O)NO.CSc1nc2sc3c(n2c(=O)c1OC(=O)O)CCCCC3. The Labute approximate surface area is 162 Å². The van der Waals surface area contributed by atoms with Crippen molar-refractivity contribution in [3.63, 3.8) is 0 Å². The number of nitrogens with one attached hydrogen (secondary N) is 2. The zero-order valence-corrected chi connectivity index (χ0v) is 16.4. The highest BCUT2D eigenvalue weighted by atomic mass is 32.2. The minimum Gasteiger partial charge on any atom is -0.449 e. The smallest absolute Gasteiger partial charge is 0.449 e. The van der Waals surface area contributed by atoms with E-state index in [9.17, 15) is 14.4 Å². The lowest BCUT2D eigenvalue weighted by molar-refractivity contribution is 0.142. The van der Waals surface area contributed by atoms with Gasteiger partial charge in [0.25, 0.3) is 0 Å². The van der Waals surface area contributed by atoms with Crippen LogP contribution in [0.5, 0.6) is 5.75 Å². The number of nitrogens with zero attached hydrogens (tertiary/aromatic N) is 2. The molecule has 12 heteroatoms. The van der Waals surface area contributed by atoms with E-state index in [1.54, 1.807) is 6.26 Å². The van der Waals surface area contributed by atoms with E-state index in [0.29, 0.717) is 9.99 Å². The third-order valence-electron chi connectivity index (χ3n) is 3.82. The molecule has 148 valence electrons. The highest BCUT2D eigenvalue weighted by Crippen LogP contribution is 2.31. The Morgan fingerprint density at radius 3 is 2.56 bits per heavy atom. The molecule has 27 heavy (non-hydrogen) atoms. The van der Waals surface area contributed by atoms with Gasteiger partial charge in [0.15, 0.2) is 4.96 Å². The van der Waals surface area contributed by atoms with Crippen LogP contribution < -0.4 is 21.1 Å². The van der Waals surface area contributed by atoms with Crippen LogP contribution in [0.25, 0.3) is 4.96 Å². The minimum atomic E-state index is -1.49. The molecule has 0 spiro atoms. The van der Waals surface area contributed by atoms with Crippen molar-refractivity contribution in [2.24, 2.45) is 0 Å². The maximum Gasteiger partial charge on any atom is 0.511 e. The molecular weight excluding hydrogens is 396 g/mol. The number of hydroxylamine groups is 1. The van der Waals surface area contributed by atoms with E-state index in [0.717, 1.165) is 37.8 Å². The molecule has 1 aliphatic carbocycles. The molecule has 0 radical (unpaired) electrons. The van der Waals surface area contributed by atoms with Gasteiger partial charge in [-0.3, -0.25) is 14.4 Å². The van der Waals surface area contributed by atoms with E-state index < -0.39 is 17.7 Å². The number of fused-ring (bicyclic) bond motifs is 3. The summed E-state index contributed by atoms with van der Waals surface area (Å²) in [5.41, 5.74) is 1.91. The number of urea groups is 1. The number of amides is 2. The second-order valence-electron chi connectivity index (χ2n) is 5.46. The van der Waals surface area contributed by atoms with Crippen LogP contribution in [0.1, 0.15) is 29.8 Å². The largest absolute Gasteiger partial charge is 0.511 e. The Morgan fingerprint density at radius 1 is 1.30 bits per heavy atom. The van der Waals surface area contributed by atoms with E-state index in [1.807, 2.05) is 0 Å². The first-order chi connectivity index (χ1) is 12.9. The summed E-state index contributed by atoms with van der Waals surface area (Å²) in [5.74, 6) is -0.197. The maximum absolute atomic E-state index is 12.6. The van der Waals surface area contributed by atoms with Gasteiger partial charge in [0, 0.05) is 17.6 Å². The fourth-order valence-electron chi connectivity index (χ4n) is 2.64. The van der Waals surface area contributed by atoms with Crippen molar-refractivity contribution in [2.75, 3.05) is 13.3 Å².